The highest BCUT2D eigenvalue weighted by Crippen LogP contribution is 2.46. The first-order valence-electron chi connectivity index (χ1n) is 19.4. The second kappa shape index (κ2) is 17.1. The molecule has 4 aromatic rings. The number of amides is 5. The smallest absolute Gasteiger partial charge is 0.253 e. The van der Waals surface area contributed by atoms with Crippen LogP contribution in [0.1, 0.15) is 73.5 Å². The van der Waals surface area contributed by atoms with Crippen LogP contribution >= 0.6 is 23.2 Å². The van der Waals surface area contributed by atoms with E-state index in [1.807, 2.05) is 41.3 Å². The molecule has 0 unspecified atom stereocenters. The minimum absolute atomic E-state index is 0.0276. The lowest BCUT2D eigenvalue weighted by molar-refractivity contribution is -0.137. The lowest BCUT2D eigenvalue weighted by Gasteiger charge is -2.22. The third-order valence-electron chi connectivity index (χ3n) is 11.5. The molecule has 0 fully saturated rings. The molecule has 0 bridgehead atoms. The standard InChI is InChI=1S/C44H46Cl2N4O6/c1-47(38(52)14-3-2-8-20-48-41(55)17-18-42(48)56)21-19-28-22-35-43(33-12-6-4-10-31(28)33)29(24-45)26-49(35)39(53)15-9-16-40(54)50-27-30(25-46)44-34-13-7-5-11-32(34)37(51)23-36(44)50/h4-7,10-13,17-18,22-23,29-30,51H,2-3,8-9,14-16,19-21,24-27H2,1H3/t29-,30-/m1/s1. The van der Waals surface area contributed by atoms with Crippen LogP contribution in [0.15, 0.2) is 72.8 Å². The number of nitrogens with zero attached hydrogens (tertiary/aromatic N) is 4. The molecule has 0 saturated carbocycles. The fourth-order valence-corrected chi connectivity index (χ4v) is 9.02. The number of carbonyl (C=O) groups is 5. The van der Waals surface area contributed by atoms with Crippen LogP contribution in [0.3, 0.4) is 0 Å². The summed E-state index contributed by atoms with van der Waals surface area (Å²) in [6.07, 6.45) is 6.30. The summed E-state index contributed by atoms with van der Waals surface area (Å²) < 4.78 is 0. The van der Waals surface area contributed by atoms with E-state index >= 15 is 0 Å². The van der Waals surface area contributed by atoms with Crippen molar-refractivity contribution in [1.82, 2.24) is 9.80 Å². The molecule has 7 rings (SSSR count). The second-order valence-corrected chi connectivity index (χ2v) is 15.6. The molecule has 5 amide bonds. The molecule has 3 aliphatic rings. The van der Waals surface area contributed by atoms with Gasteiger partial charge in [-0.15, -0.1) is 23.2 Å². The number of fused-ring (bicyclic) bond motifs is 6. The number of phenols is 1. The van der Waals surface area contributed by atoms with Crippen molar-refractivity contribution in [3.8, 4) is 5.75 Å². The highest BCUT2D eigenvalue weighted by Gasteiger charge is 2.36. The average Bonchev–Trinajstić information content (AvgIpc) is 3.88. The van der Waals surface area contributed by atoms with Gasteiger partial charge in [-0.05, 0) is 64.6 Å². The van der Waals surface area contributed by atoms with E-state index < -0.39 is 0 Å². The largest absolute Gasteiger partial charge is 0.507 e. The number of hydrogen-bond donors (Lipinski definition) is 1. The first kappa shape index (κ1) is 39.3. The topological polar surface area (TPSA) is 119 Å². The number of halogens is 2. The van der Waals surface area contributed by atoms with Gasteiger partial charge in [0.2, 0.25) is 17.7 Å². The van der Waals surface area contributed by atoms with Crippen molar-refractivity contribution in [2.75, 3.05) is 54.8 Å². The second-order valence-electron chi connectivity index (χ2n) is 15.0. The van der Waals surface area contributed by atoms with E-state index in [0.717, 1.165) is 50.3 Å². The molecule has 4 aromatic carbocycles. The minimum Gasteiger partial charge on any atom is -0.507 e. The number of rotatable bonds is 15. The van der Waals surface area contributed by atoms with E-state index in [4.69, 9.17) is 23.2 Å². The maximum Gasteiger partial charge on any atom is 0.253 e. The van der Waals surface area contributed by atoms with Gasteiger partial charge in [-0.1, -0.05) is 55.0 Å². The minimum atomic E-state index is -0.287. The first-order chi connectivity index (χ1) is 27.1. The van der Waals surface area contributed by atoms with E-state index in [1.165, 1.54) is 17.1 Å². The molecule has 12 heteroatoms. The van der Waals surface area contributed by atoms with Crippen molar-refractivity contribution >= 4 is 85.7 Å². The van der Waals surface area contributed by atoms with Gasteiger partial charge in [0, 0.05) is 105 Å². The van der Waals surface area contributed by atoms with Gasteiger partial charge < -0.3 is 19.8 Å². The van der Waals surface area contributed by atoms with Gasteiger partial charge in [-0.3, -0.25) is 28.9 Å². The zero-order valence-corrected chi connectivity index (χ0v) is 33.0. The van der Waals surface area contributed by atoms with Crippen molar-refractivity contribution < 1.29 is 29.1 Å². The van der Waals surface area contributed by atoms with Gasteiger partial charge in [-0.2, -0.15) is 0 Å². The molecule has 0 radical (unpaired) electrons. The van der Waals surface area contributed by atoms with Crippen LogP contribution in [0.2, 0.25) is 0 Å². The van der Waals surface area contributed by atoms with Crippen LogP contribution in [0, 0.1) is 0 Å². The molecule has 56 heavy (non-hydrogen) atoms. The number of benzene rings is 4. The Bertz CT molecular complexity index is 2220. The fourth-order valence-electron chi connectivity index (χ4n) is 8.52. The van der Waals surface area contributed by atoms with Crippen LogP contribution in [0.4, 0.5) is 11.4 Å². The summed E-state index contributed by atoms with van der Waals surface area (Å²) in [5, 5.41) is 14.5. The van der Waals surface area contributed by atoms with Gasteiger partial charge in [0.05, 0.1) is 5.69 Å². The van der Waals surface area contributed by atoms with Crippen molar-refractivity contribution in [1.29, 1.82) is 0 Å². The van der Waals surface area contributed by atoms with Crippen molar-refractivity contribution in [3.63, 3.8) is 0 Å². The molecule has 0 aliphatic carbocycles. The monoisotopic (exact) mass is 796 g/mol. The zero-order valence-electron chi connectivity index (χ0n) is 31.5. The summed E-state index contributed by atoms with van der Waals surface area (Å²) >= 11 is 12.9. The summed E-state index contributed by atoms with van der Waals surface area (Å²) in [5.41, 5.74) is 4.57. The van der Waals surface area contributed by atoms with E-state index in [9.17, 15) is 29.1 Å². The molecule has 292 valence electrons. The van der Waals surface area contributed by atoms with E-state index in [1.54, 1.807) is 22.9 Å². The Morgan fingerprint density at radius 3 is 1.84 bits per heavy atom. The molecular formula is C44H46Cl2N4O6. The Morgan fingerprint density at radius 2 is 1.25 bits per heavy atom. The summed E-state index contributed by atoms with van der Waals surface area (Å²) in [6.45, 7) is 1.74. The quantitative estimate of drug-likeness (QED) is 0.0762. The number of anilines is 2. The number of phenolic OH excluding ortho intramolecular Hbond substituents is 1. The Hall–Kier alpha value is -4.93. The molecule has 3 aliphatic heterocycles. The molecule has 0 aromatic heterocycles. The summed E-state index contributed by atoms with van der Waals surface area (Å²) in [6, 6.07) is 19.5. The molecule has 2 atom stereocenters. The van der Waals surface area contributed by atoms with Crippen molar-refractivity contribution in [2.45, 2.75) is 63.2 Å². The SMILES string of the molecule is CN(CCc1cc2c(c3ccccc13)[C@H](CCl)CN2C(=O)CCCC(=O)N1C[C@@H](CCl)c2c1cc(O)c1ccccc21)C(=O)CCCCCN1C(=O)C=CC1=O. The number of alkyl halides is 2. The maximum atomic E-state index is 13.9. The molecule has 0 spiro atoms. The fraction of sp³-hybridized carbons (Fsp3) is 0.386. The summed E-state index contributed by atoms with van der Waals surface area (Å²) in [4.78, 5) is 70.6. The highest BCUT2D eigenvalue weighted by molar-refractivity contribution is 6.19. The third-order valence-corrected chi connectivity index (χ3v) is 12.2. The van der Waals surface area contributed by atoms with Gasteiger partial charge in [0.25, 0.3) is 11.8 Å². The number of aromatic hydroxyl groups is 1. The van der Waals surface area contributed by atoms with Crippen molar-refractivity contribution in [3.05, 3.63) is 89.5 Å². The first-order valence-corrected chi connectivity index (χ1v) is 20.5. The highest BCUT2D eigenvalue weighted by atomic mass is 35.5. The molecule has 0 saturated heterocycles. The average molecular weight is 798 g/mol. The van der Waals surface area contributed by atoms with Gasteiger partial charge in [0.1, 0.15) is 5.75 Å². The van der Waals surface area contributed by atoms with Crippen molar-refractivity contribution in [2.24, 2.45) is 0 Å². The summed E-state index contributed by atoms with van der Waals surface area (Å²) in [5.74, 6) is -0.0164. The predicted octanol–water partition coefficient (Wildman–Crippen LogP) is 7.39. The normalized spacial score (nSPS) is 17.4. The van der Waals surface area contributed by atoms with E-state index in [2.05, 4.69) is 18.2 Å². The molecular weight excluding hydrogens is 751 g/mol. The lowest BCUT2D eigenvalue weighted by Crippen LogP contribution is -2.32. The Balaban J connectivity index is 0.984. The van der Waals surface area contributed by atoms with Crippen LogP contribution in [-0.4, -0.2) is 89.4 Å². The number of imide groups is 1. The van der Waals surface area contributed by atoms with Crippen LogP contribution < -0.4 is 9.80 Å². The summed E-state index contributed by atoms with van der Waals surface area (Å²) in [7, 11) is 1.80. The lowest BCUT2D eigenvalue weighted by atomic mass is 9.92. The Morgan fingerprint density at radius 1 is 0.714 bits per heavy atom. The number of carbonyl (C=O) groups excluding carboxylic acids is 5. The van der Waals surface area contributed by atoms with Gasteiger partial charge >= 0.3 is 0 Å². The van der Waals surface area contributed by atoms with Gasteiger partial charge in [0.15, 0.2) is 0 Å². The maximum absolute atomic E-state index is 13.9. The number of unbranched alkanes of at least 4 members (excludes halogenated alkanes) is 2. The number of likely N-dealkylation sites (N-methyl/N-ethyl adjacent to an activating group) is 1. The Kier molecular flexibility index (Phi) is 12.0. The number of hydrogen-bond acceptors (Lipinski definition) is 6. The molecule has 1 N–H and O–H groups in total. The van der Waals surface area contributed by atoms with Crippen LogP contribution in [-0.2, 0) is 30.4 Å². The molecule has 10 nitrogen and oxygen atoms in total. The van der Waals surface area contributed by atoms with Gasteiger partial charge in [-0.25, -0.2) is 0 Å². The third kappa shape index (κ3) is 7.74. The Labute approximate surface area is 336 Å². The van der Waals surface area contributed by atoms with Crippen LogP contribution in [0.25, 0.3) is 21.5 Å². The van der Waals surface area contributed by atoms with E-state index in [-0.39, 0.29) is 60.0 Å². The zero-order chi connectivity index (χ0) is 39.5. The van der Waals surface area contributed by atoms with E-state index in [0.29, 0.717) is 75.7 Å². The predicted molar refractivity (Wildman–Crippen MR) is 221 cm³/mol. The molecule has 3 heterocycles. The van der Waals surface area contributed by atoms with Crippen LogP contribution in [0.5, 0.6) is 5.75 Å².